The summed E-state index contributed by atoms with van der Waals surface area (Å²) in [5, 5.41) is 30.0. The first-order valence-electron chi connectivity index (χ1n) is 6.26. The van der Waals surface area contributed by atoms with Gasteiger partial charge in [-0.2, -0.15) is 0 Å². The summed E-state index contributed by atoms with van der Waals surface area (Å²) in [6.07, 6.45) is 1.94. The van der Waals surface area contributed by atoms with E-state index in [1.54, 1.807) is 6.08 Å². The van der Waals surface area contributed by atoms with Gasteiger partial charge in [-0.15, -0.1) is 6.58 Å². The highest BCUT2D eigenvalue weighted by Crippen LogP contribution is 2.54. The number of phenols is 3. The molecule has 3 rings (SSSR count). The van der Waals surface area contributed by atoms with Gasteiger partial charge in [-0.25, -0.2) is 0 Å². The summed E-state index contributed by atoms with van der Waals surface area (Å²) >= 11 is 0. The third-order valence-electron chi connectivity index (χ3n) is 3.48. The van der Waals surface area contributed by atoms with Gasteiger partial charge in [0.25, 0.3) is 0 Å². The van der Waals surface area contributed by atoms with Gasteiger partial charge < -0.3 is 20.1 Å². The lowest BCUT2D eigenvalue weighted by Gasteiger charge is -2.25. The fourth-order valence-electron chi connectivity index (χ4n) is 2.52. The number of allylic oxidation sites excluding steroid dienone is 1. The van der Waals surface area contributed by atoms with E-state index in [2.05, 4.69) is 6.58 Å². The maximum atomic E-state index is 10.1. The number of rotatable bonds is 2. The summed E-state index contributed by atoms with van der Waals surface area (Å²) < 4.78 is 5.67. The van der Waals surface area contributed by atoms with E-state index in [-0.39, 0.29) is 11.5 Å². The van der Waals surface area contributed by atoms with Crippen LogP contribution < -0.4 is 4.74 Å². The topological polar surface area (TPSA) is 69.9 Å². The first-order chi connectivity index (χ1) is 9.65. The fraction of sp³-hybridized carbons (Fsp3) is 0.125. The van der Waals surface area contributed by atoms with Crippen molar-refractivity contribution in [3.05, 3.63) is 48.0 Å². The van der Waals surface area contributed by atoms with Gasteiger partial charge in [-0.3, -0.25) is 0 Å². The number of phenolic OH excluding ortho intramolecular Hbond substituents is 3. The van der Waals surface area contributed by atoms with Crippen molar-refractivity contribution < 1.29 is 20.1 Å². The second-order valence-electron chi connectivity index (χ2n) is 4.67. The predicted octanol–water partition coefficient (Wildman–Crippen LogP) is 3.09. The molecule has 102 valence electrons. The van der Waals surface area contributed by atoms with Crippen LogP contribution in [0.25, 0.3) is 11.1 Å². The normalized spacial score (nSPS) is 12.2. The minimum absolute atomic E-state index is 0.337. The molecular weight excluding hydrogens is 256 g/mol. The molecule has 0 aromatic heterocycles. The largest absolute Gasteiger partial charge is 0.504 e. The molecule has 3 N–H and O–H groups in total. The molecule has 2 aromatic carbocycles. The number of aromatic hydroxyl groups is 3. The summed E-state index contributed by atoms with van der Waals surface area (Å²) in [4.78, 5) is 0. The summed E-state index contributed by atoms with van der Waals surface area (Å²) in [5.74, 6) is -0.852. The SMILES string of the molecule is C=CCc1c(O)c(O)c(O)c2c1OCc1ccccc1-2. The molecule has 20 heavy (non-hydrogen) atoms. The number of ether oxygens (including phenoxy) is 1. The highest BCUT2D eigenvalue weighted by atomic mass is 16.5. The molecule has 0 saturated carbocycles. The monoisotopic (exact) mass is 270 g/mol. The molecule has 1 heterocycles. The van der Waals surface area contributed by atoms with Crippen molar-refractivity contribution in [3.63, 3.8) is 0 Å². The molecule has 0 radical (unpaired) electrons. The van der Waals surface area contributed by atoms with Crippen LogP contribution in [0.1, 0.15) is 11.1 Å². The molecule has 0 fully saturated rings. The minimum Gasteiger partial charge on any atom is -0.504 e. The van der Waals surface area contributed by atoms with Gasteiger partial charge in [0.05, 0.1) is 5.56 Å². The van der Waals surface area contributed by atoms with E-state index < -0.39 is 5.75 Å². The summed E-state index contributed by atoms with van der Waals surface area (Å²) in [6, 6.07) is 7.49. The highest BCUT2D eigenvalue weighted by Gasteiger charge is 2.29. The maximum Gasteiger partial charge on any atom is 0.201 e. The van der Waals surface area contributed by atoms with Gasteiger partial charge in [-0.05, 0) is 17.5 Å². The Morgan fingerprint density at radius 3 is 2.60 bits per heavy atom. The number of benzene rings is 2. The lowest BCUT2D eigenvalue weighted by atomic mass is 9.92. The zero-order chi connectivity index (χ0) is 14.3. The van der Waals surface area contributed by atoms with E-state index >= 15 is 0 Å². The lowest BCUT2D eigenvalue weighted by molar-refractivity contribution is 0.290. The molecule has 0 unspecified atom stereocenters. The van der Waals surface area contributed by atoms with E-state index in [4.69, 9.17) is 4.74 Å². The van der Waals surface area contributed by atoms with Crippen LogP contribution in [0.5, 0.6) is 23.0 Å². The highest BCUT2D eigenvalue weighted by molar-refractivity contribution is 5.86. The Balaban J connectivity index is 2.37. The second kappa shape index (κ2) is 4.49. The standard InChI is InChI=1S/C16H14O4/c1-2-5-11-13(17)15(19)14(18)12-10-7-4-3-6-9(10)8-20-16(11)12/h2-4,6-7,17-19H,1,5,8H2. The fourth-order valence-corrected chi connectivity index (χ4v) is 2.52. The van der Waals surface area contributed by atoms with Gasteiger partial charge in [0.2, 0.25) is 5.75 Å². The van der Waals surface area contributed by atoms with Crippen molar-refractivity contribution in [2.24, 2.45) is 0 Å². The van der Waals surface area contributed by atoms with Crippen molar-refractivity contribution in [2.45, 2.75) is 13.0 Å². The van der Waals surface area contributed by atoms with Crippen LogP contribution >= 0.6 is 0 Å². The molecule has 0 atom stereocenters. The molecule has 0 saturated heterocycles. The molecule has 2 aromatic rings. The van der Waals surface area contributed by atoms with Crippen LogP contribution in [0.2, 0.25) is 0 Å². The minimum atomic E-state index is -0.527. The van der Waals surface area contributed by atoms with E-state index in [1.807, 2.05) is 24.3 Å². The van der Waals surface area contributed by atoms with Crippen LogP contribution in [0, 0.1) is 0 Å². The smallest absolute Gasteiger partial charge is 0.201 e. The van der Waals surface area contributed by atoms with Crippen LogP contribution in [0.4, 0.5) is 0 Å². The van der Waals surface area contributed by atoms with E-state index in [0.29, 0.717) is 29.9 Å². The molecule has 4 heteroatoms. The third-order valence-corrected chi connectivity index (χ3v) is 3.48. The summed E-state index contributed by atoms with van der Waals surface area (Å²) in [7, 11) is 0. The molecule has 0 aliphatic carbocycles. The zero-order valence-electron chi connectivity index (χ0n) is 10.8. The van der Waals surface area contributed by atoms with Crippen LogP contribution in [-0.2, 0) is 13.0 Å². The Morgan fingerprint density at radius 1 is 1.10 bits per heavy atom. The van der Waals surface area contributed by atoms with E-state index in [0.717, 1.165) is 11.1 Å². The van der Waals surface area contributed by atoms with Gasteiger partial charge >= 0.3 is 0 Å². The van der Waals surface area contributed by atoms with Gasteiger partial charge in [-0.1, -0.05) is 30.3 Å². The molecule has 4 nitrogen and oxygen atoms in total. The number of hydrogen-bond donors (Lipinski definition) is 3. The molecule has 0 spiro atoms. The average molecular weight is 270 g/mol. The number of fused-ring (bicyclic) bond motifs is 3. The third kappa shape index (κ3) is 1.61. The molecule has 0 amide bonds. The van der Waals surface area contributed by atoms with Crippen molar-refractivity contribution in [1.29, 1.82) is 0 Å². The van der Waals surface area contributed by atoms with Gasteiger partial charge in [0, 0.05) is 5.56 Å². The Kier molecular flexibility index (Phi) is 2.79. The molecular formula is C16H14O4. The summed E-state index contributed by atoms with van der Waals surface area (Å²) in [5.41, 5.74) is 2.57. The Bertz CT molecular complexity index is 704. The van der Waals surface area contributed by atoms with Gasteiger partial charge in [0.15, 0.2) is 11.5 Å². The predicted molar refractivity (Wildman–Crippen MR) is 75.1 cm³/mol. The molecule has 1 aliphatic heterocycles. The lowest BCUT2D eigenvalue weighted by Crippen LogP contribution is -2.08. The van der Waals surface area contributed by atoms with Crippen molar-refractivity contribution >= 4 is 0 Å². The quantitative estimate of drug-likeness (QED) is 0.579. The van der Waals surface area contributed by atoms with E-state index in [1.165, 1.54) is 0 Å². The van der Waals surface area contributed by atoms with Crippen LogP contribution in [0.15, 0.2) is 36.9 Å². The Hall–Kier alpha value is -2.62. The van der Waals surface area contributed by atoms with Crippen molar-refractivity contribution in [2.75, 3.05) is 0 Å². The Labute approximate surface area is 116 Å². The Morgan fingerprint density at radius 2 is 1.85 bits per heavy atom. The van der Waals surface area contributed by atoms with Crippen molar-refractivity contribution in [1.82, 2.24) is 0 Å². The van der Waals surface area contributed by atoms with E-state index in [9.17, 15) is 15.3 Å². The van der Waals surface area contributed by atoms with Gasteiger partial charge in [0.1, 0.15) is 12.4 Å². The molecule has 1 aliphatic rings. The average Bonchev–Trinajstić information content (AvgIpc) is 2.48. The maximum absolute atomic E-state index is 10.1. The number of hydrogen-bond acceptors (Lipinski definition) is 4. The zero-order valence-corrected chi connectivity index (χ0v) is 10.8. The van der Waals surface area contributed by atoms with Crippen molar-refractivity contribution in [3.8, 4) is 34.1 Å². The first-order valence-corrected chi connectivity index (χ1v) is 6.26. The second-order valence-corrected chi connectivity index (χ2v) is 4.67. The first kappa shape index (κ1) is 12.4. The van der Waals surface area contributed by atoms with Crippen LogP contribution in [-0.4, -0.2) is 15.3 Å². The molecule has 0 bridgehead atoms. The summed E-state index contributed by atoms with van der Waals surface area (Å²) in [6.45, 7) is 3.99. The van der Waals surface area contributed by atoms with Crippen LogP contribution in [0.3, 0.4) is 0 Å².